The van der Waals surface area contributed by atoms with Crippen LogP contribution in [0.2, 0.25) is 0 Å². The molecule has 1 aromatic carbocycles. The van der Waals surface area contributed by atoms with E-state index in [9.17, 15) is 9.50 Å². The van der Waals surface area contributed by atoms with Crippen LogP contribution in [-0.4, -0.2) is 32.6 Å². The Hall–Kier alpha value is -2.24. The maximum Gasteiger partial charge on any atom is 0.124 e. The van der Waals surface area contributed by atoms with Crippen molar-refractivity contribution in [2.75, 3.05) is 13.1 Å². The molecule has 1 N–H and O–H groups in total. The Bertz CT molecular complexity index is 1040. The Balaban J connectivity index is 1.71. The summed E-state index contributed by atoms with van der Waals surface area (Å²) in [4.78, 5) is 6.61. The molecule has 146 valence electrons. The van der Waals surface area contributed by atoms with Crippen molar-refractivity contribution < 1.29 is 9.50 Å². The molecule has 1 unspecified atom stereocenters. The third-order valence-electron chi connectivity index (χ3n) is 6.56. The van der Waals surface area contributed by atoms with E-state index in [4.69, 9.17) is 0 Å². The minimum Gasteiger partial charge on any atom is -0.384 e. The molecule has 0 saturated carbocycles. The van der Waals surface area contributed by atoms with Gasteiger partial charge in [-0.2, -0.15) is 0 Å². The van der Waals surface area contributed by atoms with Crippen LogP contribution in [-0.2, 0) is 18.6 Å². The second-order valence-electron chi connectivity index (χ2n) is 8.52. The van der Waals surface area contributed by atoms with Crippen molar-refractivity contribution >= 4 is 10.9 Å². The molecule has 2 atom stereocenters. The van der Waals surface area contributed by atoms with E-state index in [0.29, 0.717) is 12.6 Å². The third-order valence-corrected chi connectivity index (χ3v) is 6.56. The van der Waals surface area contributed by atoms with Crippen LogP contribution >= 0.6 is 0 Å². The van der Waals surface area contributed by atoms with Crippen molar-refractivity contribution in [1.82, 2.24) is 14.5 Å². The van der Waals surface area contributed by atoms with Crippen LogP contribution in [0.4, 0.5) is 4.39 Å². The summed E-state index contributed by atoms with van der Waals surface area (Å²) in [6.45, 7) is 6.43. The average Bonchev–Trinajstić information content (AvgIpc) is 3.25. The van der Waals surface area contributed by atoms with Crippen molar-refractivity contribution in [3.8, 4) is 0 Å². The zero-order chi connectivity index (χ0) is 19.5. The number of benzene rings is 1. The highest BCUT2D eigenvalue weighted by molar-refractivity contribution is 5.89. The third kappa shape index (κ3) is 2.68. The summed E-state index contributed by atoms with van der Waals surface area (Å²) in [6.07, 6.45) is 6.68. The number of aliphatic hydroxyl groups is 1. The number of pyridine rings is 1. The maximum atomic E-state index is 14.3. The van der Waals surface area contributed by atoms with Gasteiger partial charge in [-0.05, 0) is 74.2 Å². The fourth-order valence-electron chi connectivity index (χ4n) is 5.33. The quantitative estimate of drug-likeness (QED) is 0.745. The fourth-order valence-corrected chi connectivity index (χ4v) is 5.33. The molecule has 2 aromatic heterocycles. The first kappa shape index (κ1) is 17.8. The molecule has 5 rings (SSSR count). The van der Waals surface area contributed by atoms with E-state index >= 15 is 0 Å². The zero-order valence-electron chi connectivity index (χ0n) is 16.5. The van der Waals surface area contributed by atoms with Crippen molar-refractivity contribution in [3.63, 3.8) is 0 Å². The summed E-state index contributed by atoms with van der Waals surface area (Å²) in [5, 5.41) is 12.3. The standard InChI is InChI=1S/C23H26FN3O/c1-15-12-17(24)13-18-21-19-4-3-10-26(19)11-7-20(21)27(22(15)18)14-23(2,28)16-5-8-25-9-6-16/h5-6,8-9,12-13,19,28H,3-4,7,10-11,14H2,1-2H3/t19-,23?/m0/s1. The molecule has 0 spiro atoms. The summed E-state index contributed by atoms with van der Waals surface area (Å²) in [6, 6.07) is 7.41. The largest absolute Gasteiger partial charge is 0.384 e. The number of aryl methyl sites for hydroxylation is 1. The molecule has 3 aromatic rings. The number of rotatable bonds is 3. The van der Waals surface area contributed by atoms with Crippen LogP contribution in [0.1, 0.15) is 48.2 Å². The van der Waals surface area contributed by atoms with E-state index in [2.05, 4.69) is 14.5 Å². The molecule has 2 aliphatic rings. The summed E-state index contributed by atoms with van der Waals surface area (Å²) >= 11 is 0. The second kappa shape index (κ2) is 6.39. The summed E-state index contributed by atoms with van der Waals surface area (Å²) in [5.74, 6) is -0.180. The topological polar surface area (TPSA) is 41.3 Å². The second-order valence-corrected chi connectivity index (χ2v) is 8.52. The molecule has 4 nitrogen and oxygen atoms in total. The van der Waals surface area contributed by atoms with Crippen LogP contribution in [0.5, 0.6) is 0 Å². The molecule has 0 aliphatic carbocycles. The lowest BCUT2D eigenvalue weighted by Crippen LogP contribution is -2.33. The lowest BCUT2D eigenvalue weighted by molar-refractivity contribution is 0.0382. The predicted octanol–water partition coefficient (Wildman–Crippen LogP) is 4.08. The Morgan fingerprint density at radius 3 is 2.82 bits per heavy atom. The van der Waals surface area contributed by atoms with Gasteiger partial charge in [-0.3, -0.25) is 9.88 Å². The molecular formula is C23H26FN3O. The highest BCUT2D eigenvalue weighted by Crippen LogP contribution is 2.44. The lowest BCUT2D eigenvalue weighted by atomic mass is 9.95. The van der Waals surface area contributed by atoms with Crippen LogP contribution in [0.3, 0.4) is 0 Å². The highest BCUT2D eigenvalue weighted by atomic mass is 19.1. The van der Waals surface area contributed by atoms with Gasteiger partial charge in [0.2, 0.25) is 0 Å². The monoisotopic (exact) mass is 379 g/mol. The van der Waals surface area contributed by atoms with E-state index in [1.807, 2.05) is 26.0 Å². The first-order chi connectivity index (χ1) is 13.5. The van der Waals surface area contributed by atoms with Crippen LogP contribution in [0, 0.1) is 12.7 Å². The molecule has 1 saturated heterocycles. The lowest BCUT2D eigenvalue weighted by Gasteiger charge is -2.32. The Kier molecular flexibility index (Phi) is 4.07. The maximum absolute atomic E-state index is 14.3. The minimum atomic E-state index is -1.03. The van der Waals surface area contributed by atoms with Gasteiger partial charge in [0.25, 0.3) is 0 Å². The smallest absolute Gasteiger partial charge is 0.124 e. The summed E-state index contributed by atoms with van der Waals surface area (Å²) < 4.78 is 16.6. The van der Waals surface area contributed by atoms with Crippen molar-refractivity contribution in [2.24, 2.45) is 0 Å². The first-order valence-electron chi connectivity index (χ1n) is 10.1. The number of halogens is 1. The van der Waals surface area contributed by atoms with Crippen LogP contribution < -0.4 is 0 Å². The van der Waals surface area contributed by atoms with E-state index in [1.165, 1.54) is 17.7 Å². The molecule has 5 heteroatoms. The number of hydrogen-bond donors (Lipinski definition) is 1. The van der Waals surface area contributed by atoms with Gasteiger partial charge in [0, 0.05) is 42.5 Å². The van der Waals surface area contributed by atoms with E-state index in [0.717, 1.165) is 48.0 Å². The first-order valence-corrected chi connectivity index (χ1v) is 10.1. The molecule has 28 heavy (non-hydrogen) atoms. The number of hydrogen-bond acceptors (Lipinski definition) is 3. The molecule has 0 radical (unpaired) electrons. The number of fused-ring (bicyclic) bond motifs is 5. The summed E-state index contributed by atoms with van der Waals surface area (Å²) in [5.41, 5.74) is 4.36. The molecule has 4 heterocycles. The predicted molar refractivity (Wildman–Crippen MR) is 108 cm³/mol. The highest BCUT2D eigenvalue weighted by Gasteiger charge is 2.37. The van der Waals surface area contributed by atoms with Gasteiger partial charge in [-0.15, -0.1) is 0 Å². The van der Waals surface area contributed by atoms with Crippen molar-refractivity contribution in [3.05, 3.63) is 64.9 Å². The SMILES string of the molecule is Cc1cc(F)cc2c3c(n(CC(C)(O)c4ccncc4)c12)CCN1CCC[C@@H]31. The van der Waals surface area contributed by atoms with Gasteiger partial charge in [-0.1, -0.05) is 0 Å². The fraction of sp³-hybridized carbons (Fsp3) is 0.435. The van der Waals surface area contributed by atoms with Crippen molar-refractivity contribution in [1.29, 1.82) is 0 Å². The normalized spacial score (nSPS) is 21.5. The summed E-state index contributed by atoms with van der Waals surface area (Å²) in [7, 11) is 0. The average molecular weight is 379 g/mol. The zero-order valence-corrected chi connectivity index (χ0v) is 16.5. The van der Waals surface area contributed by atoms with Gasteiger partial charge in [0.15, 0.2) is 0 Å². The molecule has 0 amide bonds. The van der Waals surface area contributed by atoms with Crippen molar-refractivity contribution in [2.45, 2.75) is 51.3 Å². The Morgan fingerprint density at radius 2 is 2.04 bits per heavy atom. The van der Waals surface area contributed by atoms with Crippen LogP contribution in [0.15, 0.2) is 36.7 Å². The number of nitrogens with zero attached hydrogens (tertiary/aromatic N) is 3. The van der Waals surface area contributed by atoms with Gasteiger partial charge in [0.05, 0.1) is 12.1 Å². The number of aromatic nitrogens is 2. The molecule has 2 aliphatic heterocycles. The molecule has 0 bridgehead atoms. The van der Waals surface area contributed by atoms with Gasteiger partial charge < -0.3 is 9.67 Å². The van der Waals surface area contributed by atoms with Gasteiger partial charge in [-0.25, -0.2) is 4.39 Å². The van der Waals surface area contributed by atoms with Crippen LogP contribution in [0.25, 0.3) is 10.9 Å². The minimum absolute atomic E-state index is 0.180. The Labute approximate surface area is 164 Å². The van der Waals surface area contributed by atoms with E-state index in [-0.39, 0.29) is 5.82 Å². The van der Waals surface area contributed by atoms with Gasteiger partial charge in [0.1, 0.15) is 11.4 Å². The Morgan fingerprint density at radius 1 is 1.25 bits per heavy atom. The molecule has 1 fully saturated rings. The van der Waals surface area contributed by atoms with E-state index in [1.54, 1.807) is 24.5 Å². The van der Waals surface area contributed by atoms with Gasteiger partial charge >= 0.3 is 0 Å². The molecular weight excluding hydrogens is 353 g/mol. The van der Waals surface area contributed by atoms with E-state index < -0.39 is 5.60 Å².